The van der Waals surface area contributed by atoms with Crippen molar-refractivity contribution in [1.29, 1.82) is 0 Å². The van der Waals surface area contributed by atoms with Crippen LogP contribution in [0.15, 0.2) is 47.4 Å². The van der Waals surface area contributed by atoms with Gasteiger partial charge in [-0.2, -0.15) is 0 Å². The number of nitrogens with one attached hydrogen (secondary N) is 2. The molecule has 1 aromatic heterocycles. The van der Waals surface area contributed by atoms with Gasteiger partial charge in [-0.3, -0.25) is 14.4 Å². The highest BCUT2D eigenvalue weighted by Gasteiger charge is 2.17. The quantitative estimate of drug-likeness (QED) is 0.842. The number of rotatable bonds is 6. The van der Waals surface area contributed by atoms with Gasteiger partial charge in [0.15, 0.2) is 0 Å². The normalized spacial score (nSPS) is 10.2. The van der Waals surface area contributed by atoms with Gasteiger partial charge in [0.05, 0.1) is 5.56 Å². The lowest BCUT2D eigenvalue weighted by Crippen LogP contribution is -2.34. The van der Waals surface area contributed by atoms with Gasteiger partial charge < -0.3 is 15.2 Å². The topological polar surface area (TPSA) is 82.3 Å². The molecule has 2 aromatic rings. The van der Waals surface area contributed by atoms with Crippen molar-refractivity contribution in [3.8, 4) is 0 Å². The van der Waals surface area contributed by atoms with Gasteiger partial charge in [0.25, 0.3) is 17.4 Å². The lowest BCUT2D eigenvalue weighted by molar-refractivity contribution is 0.0795. The molecule has 6 heteroatoms. The summed E-state index contributed by atoms with van der Waals surface area (Å²) in [5.41, 5.74) is 0.840. The Bertz CT molecular complexity index is 769. The summed E-state index contributed by atoms with van der Waals surface area (Å²) in [6, 6.07) is 11.1. The Morgan fingerprint density at radius 1 is 1.21 bits per heavy atom. The number of carbonyl (C=O) groups is 2. The van der Waals surface area contributed by atoms with Crippen molar-refractivity contribution in [3.63, 3.8) is 0 Å². The molecule has 2 rings (SSSR count). The Labute approximate surface area is 140 Å². The molecule has 1 heterocycles. The van der Waals surface area contributed by atoms with Crippen LogP contribution in [0.1, 0.15) is 33.2 Å². The molecule has 0 aliphatic carbocycles. The first-order valence-electron chi connectivity index (χ1n) is 7.83. The van der Waals surface area contributed by atoms with Crippen molar-refractivity contribution in [2.24, 2.45) is 0 Å². The number of likely N-dealkylation sites (N-methyl/N-ethyl adjacent to an activating group) is 1. The molecule has 0 aliphatic heterocycles. The molecular weight excluding hydrogens is 306 g/mol. The van der Waals surface area contributed by atoms with Gasteiger partial charge >= 0.3 is 0 Å². The van der Waals surface area contributed by atoms with Gasteiger partial charge in [0.2, 0.25) is 0 Å². The predicted molar refractivity (Wildman–Crippen MR) is 92.2 cm³/mol. The molecule has 0 bridgehead atoms. The average molecular weight is 327 g/mol. The number of nitrogens with zero attached hydrogens (tertiary/aromatic N) is 1. The Hall–Kier alpha value is -2.89. The van der Waals surface area contributed by atoms with Crippen LogP contribution in [-0.2, 0) is 6.42 Å². The average Bonchev–Trinajstić information content (AvgIpc) is 2.60. The van der Waals surface area contributed by atoms with E-state index in [0.29, 0.717) is 19.5 Å². The number of hydrogen-bond donors (Lipinski definition) is 2. The summed E-state index contributed by atoms with van der Waals surface area (Å²) >= 11 is 0. The third-order valence-corrected chi connectivity index (χ3v) is 3.66. The maximum Gasteiger partial charge on any atom is 0.260 e. The Morgan fingerprint density at radius 2 is 1.92 bits per heavy atom. The number of carbonyl (C=O) groups excluding carboxylic acids is 2. The van der Waals surface area contributed by atoms with E-state index in [9.17, 15) is 14.4 Å². The number of pyridine rings is 1. The zero-order chi connectivity index (χ0) is 17.5. The number of H-pyrrole nitrogens is 1. The molecule has 2 N–H and O–H groups in total. The van der Waals surface area contributed by atoms with Gasteiger partial charge in [-0.05, 0) is 25.0 Å². The van der Waals surface area contributed by atoms with E-state index in [4.69, 9.17) is 0 Å². The van der Waals surface area contributed by atoms with E-state index in [2.05, 4.69) is 10.3 Å². The minimum atomic E-state index is -0.500. The van der Waals surface area contributed by atoms with Crippen LogP contribution in [-0.4, -0.2) is 41.8 Å². The summed E-state index contributed by atoms with van der Waals surface area (Å²) in [6.07, 6.45) is 2.01. The lowest BCUT2D eigenvalue weighted by Gasteiger charge is -2.17. The van der Waals surface area contributed by atoms with Crippen LogP contribution >= 0.6 is 0 Å². The second kappa shape index (κ2) is 8.10. The van der Waals surface area contributed by atoms with Crippen molar-refractivity contribution in [2.75, 3.05) is 20.1 Å². The number of benzene rings is 1. The molecule has 0 fully saturated rings. The largest absolute Gasteiger partial charge is 0.352 e. The lowest BCUT2D eigenvalue weighted by atomic mass is 10.1. The van der Waals surface area contributed by atoms with Gasteiger partial charge in [-0.15, -0.1) is 0 Å². The first-order valence-corrected chi connectivity index (χ1v) is 7.83. The fourth-order valence-corrected chi connectivity index (χ4v) is 2.28. The minimum Gasteiger partial charge on any atom is -0.352 e. The molecule has 0 aliphatic rings. The van der Waals surface area contributed by atoms with Crippen LogP contribution in [0.5, 0.6) is 0 Å². The van der Waals surface area contributed by atoms with Crippen molar-refractivity contribution in [2.45, 2.75) is 13.3 Å². The van der Waals surface area contributed by atoms with Crippen molar-refractivity contribution >= 4 is 11.8 Å². The second-order valence-electron chi connectivity index (χ2n) is 5.45. The molecule has 0 saturated carbocycles. The highest BCUT2D eigenvalue weighted by Crippen LogP contribution is 2.05. The minimum absolute atomic E-state index is 0.0330. The molecule has 6 nitrogen and oxygen atoms in total. The SMILES string of the molecule is CCNC(=O)c1c[nH]c(=O)c(C(=O)N(C)CCc2ccccc2)c1. The zero-order valence-electron chi connectivity index (χ0n) is 13.8. The van der Waals surface area contributed by atoms with Crippen molar-refractivity contribution < 1.29 is 9.59 Å². The molecule has 0 radical (unpaired) electrons. The molecule has 126 valence electrons. The van der Waals surface area contributed by atoms with E-state index in [1.165, 1.54) is 17.2 Å². The van der Waals surface area contributed by atoms with Gasteiger partial charge in [-0.25, -0.2) is 0 Å². The predicted octanol–water partition coefficient (Wildman–Crippen LogP) is 1.44. The van der Waals surface area contributed by atoms with Gasteiger partial charge in [0.1, 0.15) is 5.56 Å². The van der Waals surface area contributed by atoms with Gasteiger partial charge in [0, 0.05) is 26.3 Å². The summed E-state index contributed by atoms with van der Waals surface area (Å²) in [7, 11) is 1.64. The van der Waals surface area contributed by atoms with Crippen LogP contribution in [0.4, 0.5) is 0 Å². The molecule has 24 heavy (non-hydrogen) atoms. The van der Waals surface area contributed by atoms with E-state index in [1.54, 1.807) is 14.0 Å². The van der Waals surface area contributed by atoms with Crippen LogP contribution < -0.4 is 10.9 Å². The molecule has 0 spiro atoms. The fraction of sp³-hybridized carbons (Fsp3) is 0.278. The number of aromatic nitrogens is 1. The first kappa shape index (κ1) is 17.5. The zero-order valence-corrected chi connectivity index (χ0v) is 13.8. The number of hydrogen-bond acceptors (Lipinski definition) is 3. The van der Waals surface area contributed by atoms with Crippen molar-refractivity contribution in [1.82, 2.24) is 15.2 Å². The summed E-state index contributed by atoms with van der Waals surface area (Å²) < 4.78 is 0. The Kier molecular flexibility index (Phi) is 5.89. The Morgan fingerprint density at radius 3 is 2.58 bits per heavy atom. The smallest absolute Gasteiger partial charge is 0.260 e. The van der Waals surface area contributed by atoms with E-state index in [0.717, 1.165) is 5.56 Å². The molecule has 0 unspecified atom stereocenters. The van der Waals surface area contributed by atoms with Crippen LogP contribution in [0.3, 0.4) is 0 Å². The third kappa shape index (κ3) is 4.32. The highest BCUT2D eigenvalue weighted by atomic mass is 16.2. The standard InChI is InChI=1S/C18H21N3O3/c1-3-19-16(22)14-11-15(17(23)20-12-14)18(24)21(2)10-9-13-7-5-4-6-8-13/h4-8,11-12H,3,9-10H2,1-2H3,(H,19,22)(H,20,23). The van der Waals surface area contributed by atoms with Crippen LogP contribution in [0.2, 0.25) is 0 Å². The third-order valence-electron chi connectivity index (χ3n) is 3.66. The molecule has 0 atom stereocenters. The molecule has 0 saturated heterocycles. The fourth-order valence-electron chi connectivity index (χ4n) is 2.28. The monoisotopic (exact) mass is 327 g/mol. The Balaban J connectivity index is 2.11. The summed E-state index contributed by atoms with van der Waals surface area (Å²) in [5.74, 6) is -0.729. The van der Waals surface area contributed by atoms with E-state index >= 15 is 0 Å². The molecule has 1 aromatic carbocycles. The first-order chi connectivity index (χ1) is 11.5. The van der Waals surface area contributed by atoms with Gasteiger partial charge in [-0.1, -0.05) is 30.3 Å². The molecule has 2 amide bonds. The molecular formula is C18H21N3O3. The second-order valence-corrected chi connectivity index (χ2v) is 5.45. The number of aromatic amines is 1. The highest BCUT2D eigenvalue weighted by molar-refractivity contribution is 5.99. The van der Waals surface area contributed by atoms with E-state index in [-0.39, 0.29) is 17.0 Å². The summed E-state index contributed by atoms with van der Waals surface area (Å²) in [5, 5.41) is 2.64. The van der Waals surface area contributed by atoms with E-state index in [1.807, 2.05) is 30.3 Å². The summed E-state index contributed by atoms with van der Waals surface area (Å²) in [6.45, 7) is 2.75. The number of amides is 2. The van der Waals surface area contributed by atoms with Crippen molar-refractivity contribution in [3.05, 3.63) is 69.6 Å². The van der Waals surface area contributed by atoms with Crippen LogP contribution in [0, 0.1) is 0 Å². The summed E-state index contributed by atoms with van der Waals surface area (Å²) in [4.78, 5) is 40.2. The maximum absolute atomic E-state index is 12.5. The van der Waals surface area contributed by atoms with E-state index < -0.39 is 11.5 Å². The maximum atomic E-state index is 12.5. The van der Waals surface area contributed by atoms with Crippen LogP contribution in [0.25, 0.3) is 0 Å².